The molecule has 1 aromatic carbocycles. The van der Waals surface area contributed by atoms with Gasteiger partial charge >= 0.3 is 0 Å². The fraction of sp³-hybridized carbons (Fsp3) is 0.611. The van der Waals surface area contributed by atoms with Crippen LogP contribution >= 0.6 is 0 Å². The zero-order chi connectivity index (χ0) is 17.0. The summed E-state index contributed by atoms with van der Waals surface area (Å²) in [5, 5.41) is 19.4. The number of carbonyl (C=O) groups is 1. The van der Waals surface area contributed by atoms with Crippen LogP contribution < -0.4 is 4.90 Å². The average molecular weight is 320 g/mol. The van der Waals surface area contributed by atoms with E-state index in [1.807, 2.05) is 38.2 Å². The minimum atomic E-state index is -0.687. The van der Waals surface area contributed by atoms with Crippen molar-refractivity contribution in [3.8, 4) is 0 Å². The summed E-state index contributed by atoms with van der Waals surface area (Å²) >= 11 is 0. The largest absolute Gasteiger partial charge is 0.394 e. The van der Waals surface area contributed by atoms with E-state index >= 15 is 0 Å². The molecule has 0 saturated carbocycles. The van der Waals surface area contributed by atoms with Gasteiger partial charge in [-0.05, 0) is 37.6 Å². The Hall–Kier alpha value is -1.59. The van der Waals surface area contributed by atoms with Crippen LogP contribution in [0.3, 0.4) is 0 Å². The maximum Gasteiger partial charge on any atom is 0.254 e. The topological polar surface area (TPSA) is 64.0 Å². The molecule has 1 aliphatic heterocycles. The van der Waals surface area contributed by atoms with Crippen LogP contribution in [0.25, 0.3) is 0 Å². The van der Waals surface area contributed by atoms with E-state index < -0.39 is 11.6 Å². The first-order valence-corrected chi connectivity index (χ1v) is 8.33. The van der Waals surface area contributed by atoms with Crippen molar-refractivity contribution in [2.24, 2.45) is 0 Å². The number of hydrogen-bond acceptors (Lipinski definition) is 4. The molecule has 0 aliphatic carbocycles. The Morgan fingerprint density at radius 3 is 2.61 bits per heavy atom. The summed E-state index contributed by atoms with van der Waals surface area (Å²) in [6.07, 6.45) is 2.12. The molecule has 5 heteroatoms. The van der Waals surface area contributed by atoms with Crippen molar-refractivity contribution in [1.82, 2.24) is 4.90 Å². The van der Waals surface area contributed by atoms with Gasteiger partial charge in [-0.15, -0.1) is 0 Å². The van der Waals surface area contributed by atoms with E-state index in [0.29, 0.717) is 12.0 Å². The lowest BCUT2D eigenvalue weighted by atomic mass is 9.98. The molecule has 2 unspecified atom stereocenters. The van der Waals surface area contributed by atoms with E-state index in [1.54, 1.807) is 4.90 Å². The maximum atomic E-state index is 12.7. The first kappa shape index (κ1) is 17.8. The number of anilines is 1. The van der Waals surface area contributed by atoms with Crippen LogP contribution in [0.1, 0.15) is 43.5 Å². The maximum absolute atomic E-state index is 12.7. The Morgan fingerprint density at radius 1 is 1.39 bits per heavy atom. The molecule has 1 amide bonds. The number of likely N-dealkylation sites (tertiary alicyclic amines) is 1. The van der Waals surface area contributed by atoms with E-state index in [4.69, 9.17) is 0 Å². The smallest absolute Gasteiger partial charge is 0.254 e. The number of aliphatic hydroxyl groups excluding tert-OH is 2. The van der Waals surface area contributed by atoms with E-state index in [-0.39, 0.29) is 19.1 Å². The standard InChI is InChI=1S/C18H28N2O3/c1-4-5-10-19(3)15-8-6-14(7-9-15)17(23)20-12-16(22)11-18(20,2)13-21/h6-9,16,21-22H,4-5,10-13H2,1-3H3. The SMILES string of the molecule is CCCCN(C)c1ccc(C(=O)N2CC(O)CC2(C)CO)cc1. The van der Waals surface area contributed by atoms with Crippen molar-refractivity contribution in [2.45, 2.75) is 44.8 Å². The number of amides is 1. The molecule has 1 saturated heterocycles. The molecular formula is C18H28N2O3. The van der Waals surface area contributed by atoms with Gasteiger partial charge in [-0.2, -0.15) is 0 Å². The molecule has 1 heterocycles. The second-order valence-electron chi connectivity index (χ2n) is 6.75. The number of carbonyl (C=O) groups excluding carboxylic acids is 1. The highest BCUT2D eigenvalue weighted by molar-refractivity contribution is 5.95. The van der Waals surface area contributed by atoms with Crippen LogP contribution in [-0.2, 0) is 0 Å². The molecule has 1 aromatic rings. The van der Waals surface area contributed by atoms with Crippen molar-refractivity contribution in [1.29, 1.82) is 0 Å². The van der Waals surface area contributed by atoms with Crippen molar-refractivity contribution in [3.63, 3.8) is 0 Å². The predicted molar refractivity (Wildman–Crippen MR) is 91.8 cm³/mol. The van der Waals surface area contributed by atoms with Crippen LogP contribution in [0.5, 0.6) is 0 Å². The van der Waals surface area contributed by atoms with Gasteiger partial charge in [-0.3, -0.25) is 4.79 Å². The molecule has 23 heavy (non-hydrogen) atoms. The molecule has 1 aliphatic rings. The Bertz CT molecular complexity index is 532. The van der Waals surface area contributed by atoms with Crippen LogP contribution in [0.15, 0.2) is 24.3 Å². The molecule has 0 spiro atoms. The molecule has 0 bridgehead atoms. The quantitative estimate of drug-likeness (QED) is 0.840. The van der Waals surface area contributed by atoms with Gasteiger partial charge < -0.3 is 20.0 Å². The molecule has 5 nitrogen and oxygen atoms in total. The third kappa shape index (κ3) is 3.85. The molecule has 2 atom stereocenters. The second kappa shape index (κ2) is 7.32. The highest BCUT2D eigenvalue weighted by Gasteiger charge is 2.43. The predicted octanol–water partition coefficient (Wildman–Crippen LogP) is 1.88. The summed E-state index contributed by atoms with van der Waals surface area (Å²) in [7, 11) is 2.05. The number of rotatable bonds is 6. The van der Waals surface area contributed by atoms with Crippen molar-refractivity contribution in [2.75, 3.05) is 31.6 Å². The molecule has 128 valence electrons. The van der Waals surface area contributed by atoms with Crippen molar-refractivity contribution in [3.05, 3.63) is 29.8 Å². The monoisotopic (exact) mass is 320 g/mol. The van der Waals surface area contributed by atoms with Gasteiger partial charge in [0.2, 0.25) is 0 Å². The lowest BCUT2D eigenvalue weighted by Crippen LogP contribution is -2.47. The lowest BCUT2D eigenvalue weighted by molar-refractivity contribution is 0.0472. The van der Waals surface area contributed by atoms with E-state index in [9.17, 15) is 15.0 Å². The number of benzene rings is 1. The molecule has 0 radical (unpaired) electrons. The number of β-amino-alcohol motifs (C(OH)–C–C–N with tert-alkyl or cyclic N) is 1. The Labute approximate surface area is 138 Å². The zero-order valence-corrected chi connectivity index (χ0v) is 14.3. The van der Waals surface area contributed by atoms with Crippen LogP contribution in [-0.4, -0.2) is 59.4 Å². The fourth-order valence-electron chi connectivity index (χ4n) is 3.13. The summed E-state index contributed by atoms with van der Waals surface area (Å²) in [4.78, 5) is 16.5. The van der Waals surface area contributed by atoms with Crippen LogP contribution in [0, 0.1) is 0 Å². The second-order valence-corrected chi connectivity index (χ2v) is 6.75. The van der Waals surface area contributed by atoms with Gasteiger partial charge in [0.1, 0.15) is 0 Å². The zero-order valence-electron chi connectivity index (χ0n) is 14.3. The van der Waals surface area contributed by atoms with Crippen molar-refractivity contribution >= 4 is 11.6 Å². The summed E-state index contributed by atoms with van der Waals surface area (Å²) in [6, 6.07) is 7.54. The average Bonchev–Trinajstić information content (AvgIpc) is 2.87. The lowest BCUT2D eigenvalue weighted by Gasteiger charge is -2.33. The summed E-state index contributed by atoms with van der Waals surface area (Å²) < 4.78 is 0. The van der Waals surface area contributed by atoms with Gasteiger partial charge in [-0.1, -0.05) is 13.3 Å². The normalized spacial score (nSPS) is 24.0. The highest BCUT2D eigenvalue weighted by Crippen LogP contribution is 2.30. The first-order chi connectivity index (χ1) is 10.9. The minimum Gasteiger partial charge on any atom is -0.394 e. The minimum absolute atomic E-state index is 0.138. The molecule has 1 fully saturated rings. The third-order valence-corrected chi connectivity index (χ3v) is 4.71. The van der Waals surface area contributed by atoms with Gasteiger partial charge in [0.25, 0.3) is 5.91 Å². The Balaban J connectivity index is 2.11. The summed E-state index contributed by atoms with van der Waals surface area (Å²) in [6.45, 7) is 5.10. The Kier molecular flexibility index (Phi) is 5.65. The van der Waals surface area contributed by atoms with Gasteiger partial charge in [0.05, 0.1) is 18.2 Å². The molecule has 2 N–H and O–H groups in total. The van der Waals surface area contributed by atoms with E-state index in [0.717, 1.165) is 25.1 Å². The van der Waals surface area contributed by atoms with Crippen LogP contribution in [0.4, 0.5) is 5.69 Å². The van der Waals surface area contributed by atoms with Gasteiger partial charge in [-0.25, -0.2) is 0 Å². The van der Waals surface area contributed by atoms with E-state index in [2.05, 4.69) is 11.8 Å². The molecular weight excluding hydrogens is 292 g/mol. The first-order valence-electron chi connectivity index (χ1n) is 8.33. The van der Waals surface area contributed by atoms with E-state index in [1.165, 1.54) is 0 Å². The highest BCUT2D eigenvalue weighted by atomic mass is 16.3. The third-order valence-electron chi connectivity index (χ3n) is 4.71. The summed E-state index contributed by atoms with van der Waals surface area (Å²) in [5.74, 6) is -0.138. The number of nitrogens with zero attached hydrogens (tertiary/aromatic N) is 2. The number of aliphatic hydroxyl groups is 2. The Morgan fingerprint density at radius 2 is 2.04 bits per heavy atom. The number of hydrogen-bond donors (Lipinski definition) is 2. The van der Waals surface area contributed by atoms with Gasteiger partial charge in [0, 0.05) is 37.8 Å². The molecule has 2 rings (SSSR count). The van der Waals surface area contributed by atoms with Gasteiger partial charge in [0.15, 0.2) is 0 Å². The fourth-order valence-corrected chi connectivity index (χ4v) is 3.13. The van der Waals surface area contributed by atoms with Crippen molar-refractivity contribution < 1.29 is 15.0 Å². The van der Waals surface area contributed by atoms with Crippen LogP contribution in [0.2, 0.25) is 0 Å². The summed E-state index contributed by atoms with van der Waals surface area (Å²) in [5.41, 5.74) is 0.986. The molecule has 0 aromatic heterocycles. The number of unbranched alkanes of at least 4 members (excludes halogenated alkanes) is 1.